The summed E-state index contributed by atoms with van der Waals surface area (Å²) in [6, 6.07) is 0. The van der Waals surface area contributed by atoms with Crippen molar-refractivity contribution in [2.75, 3.05) is 6.61 Å². The van der Waals surface area contributed by atoms with Gasteiger partial charge in [-0.3, -0.25) is 4.79 Å². The monoisotopic (exact) mass is 218 g/mol. The Morgan fingerprint density at radius 3 is 2.86 bits per heavy atom. The van der Waals surface area contributed by atoms with Gasteiger partial charge in [-0.15, -0.1) is 11.6 Å². The SMILES string of the molecule is CC(=O)OCC[C@@]1(C)CCCC[C@H]1Cl. The molecule has 0 unspecified atom stereocenters. The molecule has 1 saturated carbocycles. The molecule has 14 heavy (non-hydrogen) atoms. The zero-order valence-electron chi connectivity index (χ0n) is 9.01. The fourth-order valence-electron chi connectivity index (χ4n) is 2.07. The van der Waals surface area contributed by atoms with Crippen LogP contribution in [0.5, 0.6) is 0 Å². The van der Waals surface area contributed by atoms with E-state index < -0.39 is 0 Å². The van der Waals surface area contributed by atoms with Gasteiger partial charge < -0.3 is 4.74 Å². The minimum absolute atomic E-state index is 0.162. The second-order valence-electron chi connectivity index (χ2n) is 4.46. The van der Waals surface area contributed by atoms with Crippen molar-refractivity contribution in [3.63, 3.8) is 0 Å². The summed E-state index contributed by atoms with van der Waals surface area (Å²) < 4.78 is 4.96. The van der Waals surface area contributed by atoms with E-state index in [2.05, 4.69) is 6.92 Å². The van der Waals surface area contributed by atoms with E-state index in [0.717, 1.165) is 19.3 Å². The zero-order chi connectivity index (χ0) is 10.6. The van der Waals surface area contributed by atoms with Gasteiger partial charge in [0.2, 0.25) is 0 Å². The van der Waals surface area contributed by atoms with Crippen molar-refractivity contribution >= 4 is 17.6 Å². The van der Waals surface area contributed by atoms with Crippen LogP contribution in [0.15, 0.2) is 0 Å². The lowest BCUT2D eigenvalue weighted by atomic mass is 9.73. The van der Waals surface area contributed by atoms with Gasteiger partial charge in [-0.05, 0) is 24.7 Å². The molecular weight excluding hydrogens is 200 g/mol. The lowest BCUT2D eigenvalue weighted by Gasteiger charge is -2.38. The van der Waals surface area contributed by atoms with E-state index in [9.17, 15) is 4.79 Å². The molecule has 82 valence electrons. The Hall–Kier alpha value is -0.240. The van der Waals surface area contributed by atoms with Crippen LogP contribution in [0.1, 0.15) is 46.0 Å². The van der Waals surface area contributed by atoms with Gasteiger partial charge in [0.05, 0.1) is 6.61 Å². The topological polar surface area (TPSA) is 26.3 Å². The minimum atomic E-state index is -0.199. The highest BCUT2D eigenvalue weighted by Gasteiger charge is 2.34. The Balaban J connectivity index is 2.35. The summed E-state index contributed by atoms with van der Waals surface area (Å²) in [4.78, 5) is 10.6. The molecule has 2 atom stereocenters. The van der Waals surface area contributed by atoms with Gasteiger partial charge in [-0.25, -0.2) is 0 Å². The third kappa shape index (κ3) is 3.16. The predicted molar refractivity (Wildman–Crippen MR) is 57.5 cm³/mol. The van der Waals surface area contributed by atoms with Crippen LogP contribution in [-0.2, 0) is 9.53 Å². The minimum Gasteiger partial charge on any atom is -0.466 e. The Morgan fingerprint density at radius 2 is 2.29 bits per heavy atom. The molecule has 1 aliphatic carbocycles. The van der Waals surface area contributed by atoms with E-state index >= 15 is 0 Å². The van der Waals surface area contributed by atoms with Crippen LogP contribution in [-0.4, -0.2) is 18.0 Å². The van der Waals surface area contributed by atoms with Crippen molar-refractivity contribution < 1.29 is 9.53 Å². The van der Waals surface area contributed by atoms with Crippen LogP contribution in [0.2, 0.25) is 0 Å². The summed E-state index contributed by atoms with van der Waals surface area (Å²) in [6.07, 6.45) is 5.62. The number of hydrogen-bond acceptors (Lipinski definition) is 2. The zero-order valence-corrected chi connectivity index (χ0v) is 9.77. The summed E-state index contributed by atoms with van der Waals surface area (Å²) in [5.41, 5.74) is 0.162. The van der Waals surface area contributed by atoms with Gasteiger partial charge in [0.15, 0.2) is 0 Å². The van der Waals surface area contributed by atoms with Gasteiger partial charge in [0, 0.05) is 12.3 Å². The normalized spacial score (nSPS) is 32.6. The largest absolute Gasteiger partial charge is 0.466 e. The molecule has 0 N–H and O–H groups in total. The highest BCUT2D eigenvalue weighted by Crippen LogP contribution is 2.42. The maximum atomic E-state index is 10.6. The lowest BCUT2D eigenvalue weighted by molar-refractivity contribution is -0.141. The number of hydrogen-bond donors (Lipinski definition) is 0. The third-order valence-corrected chi connectivity index (χ3v) is 3.94. The number of halogens is 1. The molecule has 1 aliphatic rings. The molecule has 0 aliphatic heterocycles. The van der Waals surface area contributed by atoms with Crippen molar-refractivity contribution in [1.82, 2.24) is 0 Å². The standard InChI is InChI=1S/C11H19ClO2/c1-9(13)14-8-7-11(2)6-4-3-5-10(11)12/h10H,3-8H2,1-2H3/t10-,11-/m1/s1. The molecule has 0 aromatic rings. The Labute approximate surface area is 91.0 Å². The van der Waals surface area contributed by atoms with Crippen molar-refractivity contribution in [3.8, 4) is 0 Å². The van der Waals surface area contributed by atoms with E-state index in [-0.39, 0.29) is 16.8 Å². The van der Waals surface area contributed by atoms with E-state index in [4.69, 9.17) is 16.3 Å². The molecule has 0 aromatic carbocycles. The summed E-state index contributed by atoms with van der Waals surface area (Å²) in [7, 11) is 0. The molecule has 0 heterocycles. The Morgan fingerprint density at radius 1 is 1.57 bits per heavy atom. The number of carbonyl (C=O) groups excluding carboxylic acids is 1. The van der Waals surface area contributed by atoms with Gasteiger partial charge >= 0.3 is 5.97 Å². The first-order valence-electron chi connectivity index (χ1n) is 5.32. The summed E-state index contributed by atoms with van der Waals surface area (Å²) in [6.45, 7) is 4.16. The second kappa shape index (κ2) is 5.01. The molecule has 2 nitrogen and oxygen atoms in total. The first kappa shape index (κ1) is 11.8. The van der Waals surface area contributed by atoms with Gasteiger partial charge in [-0.2, -0.15) is 0 Å². The van der Waals surface area contributed by atoms with E-state index in [0.29, 0.717) is 6.61 Å². The summed E-state index contributed by atoms with van der Waals surface area (Å²) in [5, 5.41) is 0.242. The van der Waals surface area contributed by atoms with E-state index in [1.54, 1.807) is 0 Å². The molecule has 0 amide bonds. The number of alkyl halides is 1. The molecule has 1 fully saturated rings. The van der Waals surface area contributed by atoms with Crippen LogP contribution in [0.25, 0.3) is 0 Å². The molecule has 3 heteroatoms. The smallest absolute Gasteiger partial charge is 0.302 e. The molecular formula is C11H19ClO2. The van der Waals surface area contributed by atoms with Crippen LogP contribution < -0.4 is 0 Å². The number of rotatable bonds is 3. The van der Waals surface area contributed by atoms with Crippen LogP contribution in [0.3, 0.4) is 0 Å². The van der Waals surface area contributed by atoms with Gasteiger partial charge in [0.25, 0.3) is 0 Å². The molecule has 0 bridgehead atoms. The quantitative estimate of drug-likeness (QED) is 0.538. The lowest BCUT2D eigenvalue weighted by Crippen LogP contribution is -2.33. The molecule has 0 spiro atoms. The maximum Gasteiger partial charge on any atom is 0.302 e. The van der Waals surface area contributed by atoms with Crippen LogP contribution in [0, 0.1) is 5.41 Å². The van der Waals surface area contributed by atoms with Crippen LogP contribution >= 0.6 is 11.6 Å². The first-order chi connectivity index (χ1) is 6.54. The van der Waals surface area contributed by atoms with Crippen molar-refractivity contribution in [3.05, 3.63) is 0 Å². The Kier molecular flexibility index (Phi) is 4.24. The van der Waals surface area contributed by atoms with Crippen molar-refractivity contribution in [2.24, 2.45) is 5.41 Å². The molecule has 0 radical (unpaired) electrons. The molecule has 0 saturated heterocycles. The second-order valence-corrected chi connectivity index (χ2v) is 4.98. The fraction of sp³-hybridized carbons (Fsp3) is 0.909. The third-order valence-electron chi connectivity index (χ3n) is 3.19. The average molecular weight is 219 g/mol. The Bertz CT molecular complexity index is 205. The van der Waals surface area contributed by atoms with E-state index in [1.165, 1.54) is 19.8 Å². The number of ether oxygens (including phenoxy) is 1. The van der Waals surface area contributed by atoms with E-state index in [1.807, 2.05) is 0 Å². The average Bonchev–Trinajstić information content (AvgIpc) is 2.10. The number of carbonyl (C=O) groups is 1. The predicted octanol–water partition coefficient (Wildman–Crippen LogP) is 3.13. The maximum absolute atomic E-state index is 10.6. The highest BCUT2D eigenvalue weighted by atomic mass is 35.5. The molecule has 0 aromatic heterocycles. The summed E-state index contributed by atoms with van der Waals surface area (Å²) >= 11 is 6.30. The number of esters is 1. The van der Waals surface area contributed by atoms with Crippen molar-refractivity contribution in [1.29, 1.82) is 0 Å². The highest BCUT2D eigenvalue weighted by molar-refractivity contribution is 6.21. The van der Waals surface area contributed by atoms with Crippen molar-refractivity contribution in [2.45, 2.75) is 51.3 Å². The fourth-order valence-corrected chi connectivity index (χ4v) is 2.44. The van der Waals surface area contributed by atoms with Gasteiger partial charge in [0.1, 0.15) is 0 Å². The van der Waals surface area contributed by atoms with Gasteiger partial charge in [-0.1, -0.05) is 19.8 Å². The molecule has 1 rings (SSSR count). The first-order valence-corrected chi connectivity index (χ1v) is 5.76. The summed E-state index contributed by atoms with van der Waals surface area (Å²) in [5.74, 6) is -0.199. The van der Waals surface area contributed by atoms with Crippen LogP contribution in [0.4, 0.5) is 0 Å².